The molecule has 98 valence electrons. The number of hydrogen-bond donors (Lipinski definition) is 2. The second-order valence-corrected chi connectivity index (χ2v) is 4.77. The second kappa shape index (κ2) is 7.51. The van der Waals surface area contributed by atoms with E-state index in [4.69, 9.17) is 5.11 Å². The fourth-order valence-electron chi connectivity index (χ4n) is 2.05. The van der Waals surface area contributed by atoms with E-state index in [1.165, 1.54) is 29.8 Å². The van der Waals surface area contributed by atoms with Crippen molar-refractivity contribution < 1.29 is 5.11 Å². The summed E-state index contributed by atoms with van der Waals surface area (Å²) in [5, 5.41) is 12.1. The van der Waals surface area contributed by atoms with Gasteiger partial charge in [0.25, 0.3) is 0 Å². The minimum atomic E-state index is 0.329. The molecule has 0 aliphatic heterocycles. The van der Waals surface area contributed by atoms with Crippen LogP contribution in [0.1, 0.15) is 42.6 Å². The third-order valence-electron chi connectivity index (χ3n) is 3.46. The molecule has 2 N–H and O–H groups in total. The Hall–Kier alpha value is -0.800. The lowest BCUT2D eigenvalue weighted by atomic mass is 10.2. The Morgan fingerprint density at radius 1 is 1.18 bits per heavy atom. The lowest BCUT2D eigenvalue weighted by molar-refractivity contribution is 0.282. The van der Waals surface area contributed by atoms with Crippen LogP contribution < -0.4 is 5.32 Å². The van der Waals surface area contributed by atoms with E-state index in [-0.39, 0.29) is 0 Å². The van der Waals surface area contributed by atoms with Crippen LogP contribution >= 0.6 is 0 Å². The maximum atomic E-state index is 8.66. The van der Waals surface area contributed by atoms with Gasteiger partial charge in [-0.2, -0.15) is 0 Å². The minimum absolute atomic E-state index is 0.329. The summed E-state index contributed by atoms with van der Waals surface area (Å²) in [5.74, 6) is 0. The molecular weight excluding hydrogens is 212 g/mol. The number of unbranched alkanes of at least 4 members (excludes halogenated alkanes) is 3. The van der Waals surface area contributed by atoms with Crippen LogP contribution in [0.25, 0.3) is 0 Å². The first-order valence-corrected chi connectivity index (χ1v) is 6.60. The molecule has 3 heteroatoms. The second-order valence-electron chi connectivity index (χ2n) is 4.77. The van der Waals surface area contributed by atoms with E-state index in [2.05, 4.69) is 36.8 Å². The van der Waals surface area contributed by atoms with Gasteiger partial charge < -0.3 is 15.0 Å². The van der Waals surface area contributed by atoms with Crippen LogP contribution in [0.3, 0.4) is 0 Å². The fraction of sp³-hybridized carbons (Fsp3) is 0.714. The van der Waals surface area contributed by atoms with Gasteiger partial charge in [0.2, 0.25) is 0 Å². The highest BCUT2D eigenvalue weighted by molar-refractivity contribution is 5.26. The number of nitrogens with zero attached hydrogens (tertiary/aromatic N) is 1. The molecule has 0 saturated carbocycles. The molecule has 0 atom stereocenters. The van der Waals surface area contributed by atoms with E-state index < -0.39 is 0 Å². The molecule has 0 amide bonds. The topological polar surface area (TPSA) is 37.2 Å². The first-order valence-electron chi connectivity index (χ1n) is 6.60. The Morgan fingerprint density at radius 3 is 2.47 bits per heavy atom. The predicted octanol–water partition coefficient (Wildman–Crippen LogP) is 2.28. The summed E-state index contributed by atoms with van der Waals surface area (Å²) < 4.78 is 2.23. The summed E-state index contributed by atoms with van der Waals surface area (Å²) in [6.45, 7) is 6.68. The van der Waals surface area contributed by atoms with Gasteiger partial charge in [-0.25, -0.2) is 0 Å². The van der Waals surface area contributed by atoms with Gasteiger partial charge in [-0.3, -0.25) is 0 Å². The van der Waals surface area contributed by atoms with Crippen molar-refractivity contribution in [2.75, 3.05) is 13.2 Å². The first-order chi connectivity index (χ1) is 8.16. The summed E-state index contributed by atoms with van der Waals surface area (Å²) >= 11 is 0. The van der Waals surface area contributed by atoms with E-state index in [9.17, 15) is 0 Å². The lowest BCUT2D eigenvalue weighted by Gasteiger charge is -2.05. The van der Waals surface area contributed by atoms with Gasteiger partial charge in [0, 0.05) is 31.6 Å². The standard InChI is InChI=1S/C14H26N2O/c1-12-10-14(13(2)16(12)3)11-15-8-6-4-5-7-9-17/h10,15,17H,4-9,11H2,1-3H3. The van der Waals surface area contributed by atoms with Crippen LogP contribution in [0.4, 0.5) is 0 Å². The van der Waals surface area contributed by atoms with E-state index >= 15 is 0 Å². The van der Waals surface area contributed by atoms with Crippen LogP contribution in [0.5, 0.6) is 0 Å². The van der Waals surface area contributed by atoms with E-state index in [1.807, 2.05) is 0 Å². The van der Waals surface area contributed by atoms with Gasteiger partial charge in [-0.15, -0.1) is 0 Å². The zero-order valence-electron chi connectivity index (χ0n) is 11.4. The zero-order chi connectivity index (χ0) is 12.7. The first kappa shape index (κ1) is 14.3. The molecule has 0 fully saturated rings. The Balaban J connectivity index is 2.16. The molecule has 1 heterocycles. The molecule has 0 bridgehead atoms. The van der Waals surface area contributed by atoms with Crippen LogP contribution in [0.2, 0.25) is 0 Å². The maximum Gasteiger partial charge on any atom is 0.0431 e. The van der Waals surface area contributed by atoms with Gasteiger partial charge in [0.1, 0.15) is 0 Å². The number of hydrogen-bond acceptors (Lipinski definition) is 2. The third-order valence-corrected chi connectivity index (χ3v) is 3.46. The van der Waals surface area contributed by atoms with Crippen LogP contribution in [-0.2, 0) is 13.6 Å². The number of nitrogens with one attached hydrogen (secondary N) is 1. The van der Waals surface area contributed by atoms with Crippen molar-refractivity contribution in [3.05, 3.63) is 23.0 Å². The summed E-state index contributed by atoms with van der Waals surface area (Å²) in [5.41, 5.74) is 4.08. The number of aryl methyl sites for hydroxylation is 1. The normalized spacial score (nSPS) is 11.1. The summed E-state index contributed by atoms with van der Waals surface area (Å²) in [4.78, 5) is 0. The van der Waals surface area contributed by atoms with Crippen LogP contribution in [0, 0.1) is 13.8 Å². The summed E-state index contributed by atoms with van der Waals surface area (Å²) in [6.07, 6.45) is 4.49. The van der Waals surface area contributed by atoms with Crippen molar-refractivity contribution in [3.63, 3.8) is 0 Å². The Bertz CT molecular complexity index is 331. The Labute approximate surface area is 105 Å². The van der Waals surface area contributed by atoms with Crippen molar-refractivity contribution in [1.29, 1.82) is 0 Å². The van der Waals surface area contributed by atoms with Crippen molar-refractivity contribution >= 4 is 0 Å². The van der Waals surface area contributed by atoms with Crippen molar-refractivity contribution in [2.45, 2.75) is 46.1 Å². The largest absolute Gasteiger partial charge is 0.396 e. The smallest absolute Gasteiger partial charge is 0.0431 e. The molecule has 3 nitrogen and oxygen atoms in total. The number of aromatic nitrogens is 1. The number of aliphatic hydroxyl groups is 1. The number of rotatable bonds is 8. The average molecular weight is 238 g/mol. The van der Waals surface area contributed by atoms with Gasteiger partial charge in [0.15, 0.2) is 0 Å². The van der Waals surface area contributed by atoms with Gasteiger partial charge in [-0.1, -0.05) is 12.8 Å². The molecule has 0 aliphatic rings. The zero-order valence-corrected chi connectivity index (χ0v) is 11.4. The summed E-state index contributed by atoms with van der Waals surface area (Å²) in [6, 6.07) is 2.26. The van der Waals surface area contributed by atoms with Crippen molar-refractivity contribution in [3.8, 4) is 0 Å². The third kappa shape index (κ3) is 4.52. The molecule has 1 rings (SSSR count). The lowest BCUT2D eigenvalue weighted by Crippen LogP contribution is -2.15. The van der Waals surface area contributed by atoms with Crippen molar-refractivity contribution in [2.24, 2.45) is 7.05 Å². The predicted molar refractivity (Wildman–Crippen MR) is 72.1 cm³/mol. The Morgan fingerprint density at radius 2 is 1.88 bits per heavy atom. The highest BCUT2D eigenvalue weighted by atomic mass is 16.2. The van der Waals surface area contributed by atoms with Crippen LogP contribution in [-0.4, -0.2) is 22.8 Å². The molecule has 0 radical (unpaired) electrons. The maximum absolute atomic E-state index is 8.66. The average Bonchev–Trinajstić information content (AvgIpc) is 2.56. The van der Waals surface area contributed by atoms with E-state index in [0.717, 1.165) is 25.9 Å². The molecule has 0 unspecified atom stereocenters. The molecule has 0 aliphatic carbocycles. The minimum Gasteiger partial charge on any atom is -0.396 e. The van der Waals surface area contributed by atoms with E-state index in [0.29, 0.717) is 6.61 Å². The van der Waals surface area contributed by atoms with Crippen molar-refractivity contribution in [1.82, 2.24) is 9.88 Å². The molecule has 0 saturated heterocycles. The van der Waals surface area contributed by atoms with Gasteiger partial charge >= 0.3 is 0 Å². The molecule has 17 heavy (non-hydrogen) atoms. The fourth-order valence-corrected chi connectivity index (χ4v) is 2.05. The molecule has 1 aromatic heterocycles. The Kier molecular flexibility index (Phi) is 6.30. The van der Waals surface area contributed by atoms with E-state index in [1.54, 1.807) is 0 Å². The van der Waals surface area contributed by atoms with Crippen LogP contribution in [0.15, 0.2) is 6.07 Å². The highest BCUT2D eigenvalue weighted by Gasteiger charge is 2.04. The monoisotopic (exact) mass is 238 g/mol. The SMILES string of the molecule is Cc1cc(CNCCCCCCO)c(C)n1C. The quantitative estimate of drug-likeness (QED) is 0.682. The molecule has 0 spiro atoms. The molecular formula is C14H26N2O. The van der Waals surface area contributed by atoms with Gasteiger partial charge in [-0.05, 0) is 44.9 Å². The summed E-state index contributed by atoms with van der Waals surface area (Å²) in [7, 11) is 2.11. The molecule has 1 aromatic rings. The molecule has 0 aromatic carbocycles. The van der Waals surface area contributed by atoms with Gasteiger partial charge in [0.05, 0.1) is 0 Å². The number of aliphatic hydroxyl groups excluding tert-OH is 1. The highest BCUT2D eigenvalue weighted by Crippen LogP contribution is 2.12.